The molecular weight excluding hydrogens is 362 g/mol. The van der Waals surface area contributed by atoms with Crippen LogP contribution in [-0.2, 0) is 4.79 Å². The lowest BCUT2D eigenvalue weighted by Gasteiger charge is -2.16. The summed E-state index contributed by atoms with van der Waals surface area (Å²) >= 11 is 5.76. The monoisotopic (exact) mass is 383 g/mol. The summed E-state index contributed by atoms with van der Waals surface area (Å²) in [6.45, 7) is 1.57. The van der Waals surface area contributed by atoms with Crippen molar-refractivity contribution in [1.29, 1.82) is 5.41 Å². The second-order valence-electron chi connectivity index (χ2n) is 5.04. The van der Waals surface area contributed by atoms with Crippen LogP contribution in [0.2, 0.25) is 0 Å². The number of carbonyl (C=O) groups is 2. The van der Waals surface area contributed by atoms with E-state index in [-0.39, 0.29) is 28.1 Å². The smallest absolute Gasteiger partial charge is 0.271 e. The van der Waals surface area contributed by atoms with Gasteiger partial charge in [-0.25, -0.2) is 9.97 Å². The summed E-state index contributed by atoms with van der Waals surface area (Å²) < 4.78 is 0. The van der Waals surface area contributed by atoms with Crippen molar-refractivity contribution in [2.24, 2.45) is 11.5 Å². The van der Waals surface area contributed by atoms with Crippen molar-refractivity contribution in [3.63, 3.8) is 0 Å². The molecule has 0 bridgehead atoms. The van der Waals surface area contributed by atoms with E-state index in [4.69, 9.17) is 16.9 Å². The van der Waals surface area contributed by atoms with Crippen molar-refractivity contribution < 1.29 is 9.59 Å². The lowest BCUT2D eigenvalue weighted by molar-refractivity contribution is -0.118. The number of hydrogen-bond acceptors (Lipinski definition) is 9. The number of hydrogen-bond donors (Lipinski definition) is 6. The van der Waals surface area contributed by atoms with E-state index in [1.54, 1.807) is 18.7 Å². The van der Waals surface area contributed by atoms with E-state index in [1.807, 2.05) is 6.26 Å². The molecule has 0 aromatic carbocycles. The van der Waals surface area contributed by atoms with Crippen LogP contribution in [0.15, 0.2) is 17.3 Å². The lowest BCUT2D eigenvalue weighted by atomic mass is 10.2. The fourth-order valence-electron chi connectivity index (χ4n) is 1.79. The topological polar surface area (TPSA) is 160 Å². The van der Waals surface area contributed by atoms with E-state index in [2.05, 4.69) is 33.2 Å². The average Bonchev–Trinajstić information content (AvgIpc) is 2.50. The van der Waals surface area contributed by atoms with Crippen molar-refractivity contribution >= 4 is 53.6 Å². The van der Waals surface area contributed by atoms with Crippen molar-refractivity contribution in [2.45, 2.75) is 19.4 Å². The van der Waals surface area contributed by atoms with Gasteiger partial charge in [-0.2, -0.15) is 11.8 Å². The highest BCUT2D eigenvalue weighted by molar-refractivity contribution is 7.98. The molecule has 0 unspecified atom stereocenters. The molecule has 136 valence electrons. The van der Waals surface area contributed by atoms with Gasteiger partial charge >= 0.3 is 0 Å². The molecule has 1 aromatic rings. The molecule has 0 aliphatic carbocycles. The van der Waals surface area contributed by atoms with Crippen LogP contribution in [0.25, 0.3) is 0 Å². The van der Waals surface area contributed by atoms with Crippen LogP contribution in [0.4, 0.5) is 11.6 Å². The second kappa shape index (κ2) is 9.89. The third-order valence-corrected chi connectivity index (χ3v) is 3.77. The minimum absolute atomic E-state index is 0.0630. The Bertz CT molecular complexity index is 694. The Kier molecular flexibility index (Phi) is 8.22. The molecule has 1 heterocycles. The molecule has 0 aliphatic rings. The zero-order chi connectivity index (χ0) is 19.0. The normalized spacial score (nSPS) is 12.4. The summed E-state index contributed by atoms with van der Waals surface area (Å²) in [4.78, 5) is 31.2. The Labute approximate surface area is 155 Å². The van der Waals surface area contributed by atoms with E-state index < -0.39 is 17.9 Å². The molecular formula is C14H21N7O2S2. The molecule has 0 saturated heterocycles. The number of aromatic nitrogens is 2. The molecule has 1 atom stereocenters. The number of amides is 2. The SMILES string of the molecule is CSCC[C@@H](Nc1cnc(C(N)=O)c(N/C(S)=C/C(C)=N)n1)C(N)=O. The highest BCUT2D eigenvalue weighted by Crippen LogP contribution is 2.18. The molecule has 9 nitrogen and oxygen atoms in total. The van der Waals surface area contributed by atoms with E-state index in [1.165, 1.54) is 12.3 Å². The summed E-state index contributed by atoms with van der Waals surface area (Å²) in [5.41, 5.74) is 10.8. The lowest BCUT2D eigenvalue weighted by Crippen LogP contribution is -2.36. The third kappa shape index (κ3) is 7.01. The van der Waals surface area contributed by atoms with Crippen LogP contribution in [0, 0.1) is 5.41 Å². The third-order valence-electron chi connectivity index (χ3n) is 2.88. The molecule has 2 amide bonds. The Morgan fingerprint density at radius 1 is 1.48 bits per heavy atom. The molecule has 7 N–H and O–H groups in total. The molecule has 25 heavy (non-hydrogen) atoms. The van der Waals surface area contributed by atoms with Gasteiger partial charge in [-0.15, -0.1) is 12.6 Å². The van der Waals surface area contributed by atoms with Crippen LogP contribution >= 0.6 is 24.4 Å². The maximum absolute atomic E-state index is 11.5. The number of thiol groups is 1. The maximum atomic E-state index is 11.5. The van der Waals surface area contributed by atoms with E-state index >= 15 is 0 Å². The molecule has 1 rings (SSSR count). The minimum Gasteiger partial charge on any atom is -0.368 e. The number of nitrogens with zero attached hydrogens (tertiary/aromatic N) is 2. The van der Waals surface area contributed by atoms with Crippen molar-refractivity contribution in [3.05, 3.63) is 23.0 Å². The number of thioether (sulfide) groups is 1. The van der Waals surface area contributed by atoms with Gasteiger partial charge in [0.2, 0.25) is 5.91 Å². The molecule has 1 aromatic heterocycles. The number of primary amides is 2. The van der Waals surface area contributed by atoms with Crippen LogP contribution in [0.5, 0.6) is 0 Å². The van der Waals surface area contributed by atoms with Crippen molar-refractivity contribution in [1.82, 2.24) is 9.97 Å². The second-order valence-corrected chi connectivity index (χ2v) is 6.50. The van der Waals surface area contributed by atoms with Gasteiger partial charge in [0.05, 0.1) is 11.2 Å². The summed E-state index contributed by atoms with van der Waals surface area (Å²) in [6.07, 6.45) is 5.17. The maximum Gasteiger partial charge on any atom is 0.271 e. The fraction of sp³-hybridized carbons (Fsp3) is 0.357. The first kappa shape index (κ1) is 20.8. The number of nitrogens with one attached hydrogen (secondary N) is 3. The van der Waals surface area contributed by atoms with Gasteiger partial charge in [0.25, 0.3) is 5.91 Å². The van der Waals surface area contributed by atoms with Crippen LogP contribution in [0.3, 0.4) is 0 Å². The summed E-state index contributed by atoms with van der Waals surface area (Å²) in [7, 11) is 0. The fourth-order valence-corrected chi connectivity index (χ4v) is 2.56. The van der Waals surface area contributed by atoms with E-state index in [9.17, 15) is 9.59 Å². The molecule has 0 spiro atoms. The van der Waals surface area contributed by atoms with Gasteiger partial charge < -0.3 is 27.5 Å². The predicted octanol–water partition coefficient (Wildman–Crippen LogP) is 0.817. The number of nitrogens with two attached hydrogens (primary N) is 2. The predicted molar refractivity (Wildman–Crippen MR) is 104 cm³/mol. The van der Waals surface area contributed by atoms with Crippen LogP contribution in [0.1, 0.15) is 23.8 Å². The Morgan fingerprint density at radius 2 is 2.16 bits per heavy atom. The number of rotatable bonds is 10. The van der Waals surface area contributed by atoms with E-state index in [0.29, 0.717) is 6.42 Å². The molecule has 0 fully saturated rings. The van der Waals surface area contributed by atoms with Crippen LogP contribution < -0.4 is 22.1 Å². The molecule has 11 heteroatoms. The quantitative estimate of drug-likeness (QED) is 0.257. The molecule has 0 saturated carbocycles. The summed E-state index contributed by atoms with van der Waals surface area (Å²) in [5, 5.41) is 13.4. The zero-order valence-corrected chi connectivity index (χ0v) is 15.6. The Morgan fingerprint density at radius 3 is 2.68 bits per heavy atom. The largest absolute Gasteiger partial charge is 0.368 e. The van der Waals surface area contributed by atoms with Gasteiger partial charge in [-0.05, 0) is 31.4 Å². The van der Waals surface area contributed by atoms with Gasteiger partial charge in [0.15, 0.2) is 11.5 Å². The average molecular weight is 384 g/mol. The van der Waals surface area contributed by atoms with Gasteiger partial charge in [0, 0.05) is 5.71 Å². The summed E-state index contributed by atoms with van der Waals surface area (Å²) in [5.74, 6) is -0.236. The van der Waals surface area contributed by atoms with Crippen molar-refractivity contribution in [2.75, 3.05) is 22.6 Å². The standard InChI is InChI=1S/C14H21N7O2S2/c1-7(15)5-10(24)21-14-11(13(17)23)18-6-9(20-14)19-8(12(16)22)3-4-25-2/h5-6,8,15,24H,3-4H2,1-2H3,(H2,16,22)(H2,17,23)(H2,19,20,21)/b10-5-,15-7?/t8-/m1/s1. The zero-order valence-electron chi connectivity index (χ0n) is 13.9. The van der Waals surface area contributed by atoms with Gasteiger partial charge in [0.1, 0.15) is 11.9 Å². The number of carbonyl (C=O) groups excluding carboxylic acids is 2. The molecule has 0 radical (unpaired) electrons. The number of allylic oxidation sites excluding steroid dienone is 1. The summed E-state index contributed by atoms with van der Waals surface area (Å²) in [6, 6.07) is -0.621. The Balaban J connectivity index is 3.10. The number of anilines is 2. The van der Waals surface area contributed by atoms with E-state index in [0.717, 1.165) is 5.75 Å². The van der Waals surface area contributed by atoms with Crippen LogP contribution in [-0.4, -0.2) is 45.5 Å². The van der Waals surface area contributed by atoms with Gasteiger partial charge in [-0.3, -0.25) is 9.59 Å². The highest BCUT2D eigenvalue weighted by atomic mass is 32.2. The molecule has 0 aliphatic heterocycles. The first-order valence-electron chi connectivity index (χ1n) is 7.19. The highest BCUT2D eigenvalue weighted by Gasteiger charge is 2.18. The minimum atomic E-state index is -0.775. The first-order chi connectivity index (χ1) is 11.7. The van der Waals surface area contributed by atoms with Crippen molar-refractivity contribution in [3.8, 4) is 0 Å². The van der Waals surface area contributed by atoms with Gasteiger partial charge in [-0.1, -0.05) is 0 Å². The Hall–Kier alpha value is -2.27. The first-order valence-corrected chi connectivity index (χ1v) is 9.03.